The summed E-state index contributed by atoms with van der Waals surface area (Å²) < 4.78 is 0. The fourth-order valence-corrected chi connectivity index (χ4v) is 2.66. The van der Waals surface area contributed by atoms with Crippen LogP contribution < -0.4 is 11.1 Å². The third-order valence-electron chi connectivity index (χ3n) is 3.55. The predicted molar refractivity (Wildman–Crippen MR) is 91.6 cm³/mol. The van der Waals surface area contributed by atoms with Crippen LogP contribution in [0.3, 0.4) is 0 Å². The second kappa shape index (κ2) is 6.22. The number of fused-ring (bicyclic) bond motifs is 1. The van der Waals surface area contributed by atoms with E-state index in [1.807, 2.05) is 31.2 Å². The van der Waals surface area contributed by atoms with E-state index < -0.39 is 5.91 Å². The van der Waals surface area contributed by atoms with Gasteiger partial charge in [0.05, 0.1) is 39.6 Å². The highest BCUT2D eigenvalue weighted by molar-refractivity contribution is 6.34. The molecule has 0 aliphatic rings. The number of benzene rings is 2. The lowest BCUT2D eigenvalue weighted by Gasteiger charge is -2.12. The summed E-state index contributed by atoms with van der Waals surface area (Å²) in [6, 6.07) is 12.8. The Balaban J connectivity index is 1.91. The molecule has 1 heterocycles. The fourth-order valence-electron chi connectivity index (χ4n) is 2.39. The van der Waals surface area contributed by atoms with Gasteiger partial charge in [-0.05, 0) is 31.2 Å². The van der Waals surface area contributed by atoms with Gasteiger partial charge in [-0.3, -0.25) is 4.79 Å². The third-order valence-corrected chi connectivity index (χ3v) is 3.86. The first-order valence-electron chi connectivity index (χ1n) is 7.10. The number of nitrogens with zero attached hydrogens (tertiary/aromatic N) is 2. The molecular weight excluding hydrogens is 312 g/mol. The van der Waals surface area contributed by atoms with Crippen LogP contribution >= 0.6 is 11.6 Å². The Bertz CT molecular complexity index is 895. The second-order valence-electron chi connectivity index (χ2n) is 5.12. The highest BCUT2D eigenvalue weighted by Gasteiger charge is 2.13. The summed E-state index contributed by atoms with van der Waals surface area (Å²) in [6.45, 7) is 2.33. The van der Waals surface area contributed by atoms with Crippen molar-refractivity contribution in [2.75, 3.05) is 5.32 Å². The van der Waals surface area contributed by atoms with Gasteiger partial charge < -0.3 is 11.1 Å². The number of aryl methyl sites for hydroxylation is 1. The van der Waals surface area contributed by atoms with Gasteiger partial charge in [0.25, 0.3) is 5.91 Å². The van der Waals surface area contributed by atoms with Gasteiger partial charge in [-0.2, -0.15) is 0 Å². The van der Waals surface area contributed by atoms with E-state index in [9.17, 15) is 4.79 Å². The van der Waals surface area contributed by atoms with Gasteiger partial charge in [-0.15, -0.1) is 0 Å². The van der Waals surface area contributed by atoms with Crippen molar-refractivity contribution in [3.05, 3.63) is 64.4 Å². The highest BCUT2D eigenvalue weighted by Crippen LogP contribution is 2.24. The van der Waals surface area contributed by atoms with E-state index >= 15 is 0 Å². The van der Waals surface area contributed by atoms with Crippen molar-refractivity contribution in [3.8, 4) is 0 Å². The van der Waals surface area contributed by atoms with Crippen LogP contribution in [0.2, 0.25) is 5.02 Å². The Morgan fingerprint density at radius 1 is 1.13 bits per heavy atom. The summed E-state index contributed by atoms with van der Waals surface area (Å²) >= 11 is 6.05. The number of carbonyl (C=O) groups is 1. The van der Waals surface area contributed by atoms with Crippen LogP contribution in [0.1, 0.15) is 21.7 Å². The summed E-state index contributed by atoms with van der Waals surface area (Å²) in [5.41, 5.74) is 9.58. The Hall–Kier alpha value is -2.66. The molecule has 0 saturated heterocycles. The molecule has 0 unspecified atom stereocenters. The van der Waals surface area contributed by atoms with E-state index in [-0.39, 0.29) is 5.56 Å². The Morgan fingerprint density at radius 2 is 1.83 bits per heavy atom. The van der Waals surface area contributed by atoms with E-state index in [1.165, 1.54) is 0 Å². The number of amides is 1. The largest absolute Gasteiger partial charge is 0.379 e. The molecule has 0 radical (unpaired) electrons. The van der Waals surface area contributed by atoms with Crippen LogP contribution in [0, 0.1) is 6.92 Å². The first kappa shape index (κ1) is 15.2. The number of primary amides is 1. The maximum Gasteiger partial charge on any atom is 0.252 e. The highest BCUT2D eigenvalue weighted by atomic mass is 35.5. The number of aromatic nitrogens is 2. The van der Waals surface area contributed by atoms with Gasteiger partial charge in [0.2, 0.25) is 0 Å². The van der Waals surface area contributed by atoms with Crippen LogP contribution in [0.25, 0.3) is 11.0 Å². The zero-order valence-electron chi connectivity index (χ0n) is 12.5. The average molecular weight is 327 g/mol. The standard InChI is InChI=1S/C17H15ClN4O/c1-10-15(22-13-7-3-2-6-12(13)21-10)9-20-14-8-4-5-11(18)16(14)17(19)23/h2-8,20H,9H2,1H3,(H2,19,23). The minimum atomic E-state index is -0.570. The van der Waals surface area contributed by atoms with Crippen molar-refractivity contribution in [3.63, 3.8) is 0 Å². The minimum absolute atomic E-state index is 0.278. The third kappa shape index (κ3) is 3.10. The summed E-state index contributed by atoms with van der Waals surface area (Å²) in [5, 5.41) is 3.49. The number of hydrogen-bond acceptors (Lipinski definition) is 4. The van der Waals surface area contributed by atoms with Crippen LogP contribution in [-0.4, -0.2) is 15.9 Å². The molecule has 0 atom stereocenters. The van der Waals surface area contributed by atoms with Crippen LogP contribution in [0.4, 0.5) is 5.69 Å². The monoisotopic (exact) mass is 326 g/mol. The molecule has 0 bridgehead atoms. The lowest BCUT2D eigenvalue weighted by molar-refractivity contribution is 0.100. The van der Waals surface area contributed by atoms with Gasteiger partial charge >= 0.3 is 0 Å². The molecule has 0 saturated carbocycles. The molecule has 1 aromatic heterocycles. The van der Waals surface area contributed by atoms with Crippen molar-refractivity contribution in [2.45, 2.75) is 13.5 Å². The molecule has 0 fully saturated rings. The summed E-state index contributed by atoms with van der Waals surface area (Å²) in [7, 11) is 0. The zero-order valence-corrected chi connectivity index (χ0v) is 13.3. The van der Waals surface area contributed by atoms with Gasteiger partial charge in [-0.25, -0.2) is 9.97 Å². The molecule has 3 N–H and O–H groups in total. The quantitative estimate of drug-likeness (QED) is 0.770. The summed E-state index contributed by atoms with van der Waals surface area (Å²) in [6.07, 6.45) is 0. The first-order chi connectivity index (χ1) is 11.1. The lowest BCUT2D eigenvalue weighted by atomic mass is 10.1. The average Bonchev–Trinajstić information content (AvgIpc) is 2.52. The minimum Gasteiger partial charge on any atom is -0.379 e. The van der Waals surface area contributed by atoms with Crippen molar-refractivity contribution in [2.24, 2.45) is 5.73 Å². The number of para-hydroxylation sites is 2. The first-order valence-corrected chi connectivity index (χ1v) is 7.48. The lowest BCUT2D eigenvalue weighted by Crippen LogP contribution is -2.15. The number of nitrogens with one attached hydrogen (secondary N) is 1. The molecule has 23 heavy (non-hydrogen) atoms. The van der Waals surface area contributed by atoms with Crippen LogP contribution in [-0.2, 0) is 6.54 Å². The second-order valence-corrected chi connectivity index (χ2v) is 5.53. The molecule has 6 heteroatoms. The number of nitrogens with two attached hydrogens (primary N) is 1. The van der Waals surface area contributed by atoms with E-state index in [0.717, 1.165) is 22.4 Å². The number of halogens is 1. The van der Waals surface area contributed by atoms with Gasteiger partial charge in [0.15, 0.2) is 0 Å². The zero-order chi connectivity index (χ0) is 16.4. The Kier molecular flexibility index (Phi) is 4.12. The molecular formula is C17H15ClN4O. The van der Waals surface area contributed by atoms with Crippen LogP contribution in [0.5, 0.6) is 0 Å². The molecule has 2 aromatic carbocycles. The molecule has 116 valence electrons. The molecule has 3 rings (SSSR count). The number of anilines is 1. The maximum atomic E-state index is 11.6. The predicted octanol–water partition coefficient (Wildman–Crippen LogP) is 3.30. The van der Waals surface area contributed by atoms with E-state index in [2.05, 4.69) is 15.3 Å². The van der Waals surface area contributed by atoms with E-state index in [1.54, 1.807) is 18.2 Å². The van der Waals surface area contributed by atoms with Crippen molar-refractivity contribution >= 4 is 34.2 Å². The Morgan fingerprint density at radius 3 is 2.52 bits per heavy atom. The number of hydrogen-bond donors (Lipinski definition) is 2. The van der Waals surface area contributed by atoms with E-state index in [4.69, 9.17) is 17.3 Å². The molecule has 0 aliphatic carbocycles. The molecule has 0 spiro atoms. The molecule has 3 aromatic rings. The smallest absolute Gasteiger partial charge is 0.252 e. The topological polar surface area (TPSA) is 80.9 Å². The van der Waals surface area contributed by atoms with Crippen molar-refractivity contribution in [1.82, 2.24) is 9.97 Å². The molecule has 0 aliphatic heterocycles. The summed E-state index contributed by atoms with van der Waals surface area (Å²) in [5.74, 6) is -0.570. The van der Waals surface area contributed by atoms with Gasteiger partial charge in [-0.1, -0.05) is 29.8 Å². The molecule has 5 nitrogen and oxygen atoms in total. The maximum absolute atomic E-state index is 11.6. The van der Waals surface area contributed by atoms with Gasteiger partial charge in [0, 0.05) is 5.69 Å². The Labute approximate surface area is 138 Å². The van der Waals surface area contributed by atoms with Crippen LogP contribution in [0.15, 0.2) is 42.5 Å². The number of rotatable bonds is 4. The van der Waals surface area contributed by atoms with Crippen molar-refractivity contribution in [1.29, 1.82) is 0 Å². The SMILES string of the molecule is Cc1nc2ccccc2nc1CNc1cccc(Cl)c1C(N)=O. The van der Waals surface area contributed by atoms with E-state index in [0.29, 0.717) is 17.3 Å². The summed E-state index contributed by atoms with van der Waals surface area (Å²) in [4.78, 5) is 20.7. The molecule has 1 amide bonds. The fraction of sp³-hybridized carbons (Fsp3) is 0.118. The normalized spacial score (nSPS) is 10.7. The van der Waals surface area contributed by atoms with Gasteiger partial charge in [0.1, 0.15) is 0 Å². The van der Waals surface area contributed by atoms with Crippen molar-refractivity contribution < 1.29 is 4.79 Å². The number of carbonyl (C=O) groups excluding carboxylic acids is 1.